The Kier molecular flexibility index (Phi) is 5.65. The van der Waals surface area contributed by atoms with E-state index in [2.05, 4.69) is 10.6 Å². The number of likely N-dealkylation sites (N-methyl/N-ethyl adjacent to an activating group) is 1. The number of carbonyl (C=O) groups is 3. The minimum atomic E-state index is -0.887. The lowest BCUT2D eigenvalue weighted by atomic mass is 9.91. The van der Waals surface area contributed by atoms with Gasteiger partial charge in [-0.1, -0.05) is 26.2 Å². The van der Waals surface area contributed by atoms with E-state index in [-0.39, 0.29) is 23.8 Å². The second kappa shape index (κ2) is 7.32. The number of hydrogen-bond donors (Lipinski definition) is 2. The Balaban J connectivity index is 2.03. The van der Waals surface area contributed by atoms with Gasteiger partial charge >= 0.3 is 0 Å². The third-order valence-corrected chi connectivity index (χ3v) is 5.48. The molecule has 0 aromatic rings. The Morgan fingerprint density at radius 3 is 2.43 bits per heavy atom. The molecule has 0 aromatic carbocycles. The fourth-order valence-corrected chi connectivity index (χ4v) is 3.41. The van der Waals surface area contributed by atoms with Crippen molar-refractivity contribution in [1.29, 1.82) is 0 Å². The number of carbonyl (C=O) groups excluding carboxylic acids is 3. The van der Waals surface area contributed by atoms with Crippen LogP contribution in [0.1, 0.15) is 65.2 Å². The maximum atomic E-state index is 12.8. The van der Waals surface area contributed by atoms with Crippen LogP contribution in [0.2, 0.25) is 0 Å². The number of nitrogens with one attached hydrogen (secondary N) is 2. The van der Waals surface area contributed by atoms with Crippen molar-refractivity contribution in [2.45, 2.75) is 82.8 Å². The van der Waals surface area contributed by atoms with Crippen LogP contribution in [0, 0.1) is 0 Å². The third kappa shape index (κ3) is 3.85. The van der Waals surface area contributed by atoms with Gasteiger partial charge in [-0.15, -0.1) is 0 Å². The van der Waals surface area contributed by atoms with Gasteiger partial charge in [-0.05, 0) is 32.6 Å². The van der Waals surface area contributed by atoms with Crippen LogP contribution >= 0.6 is 0 Å². The molecule has 1 aliphatic carbocycles. The summed E-state index contributed by atoms with van der Waals surface area (Å²) in [7, 11) is 1.66. The molecular weight excluding hydrogens is 294 g/mol. The minimum Gasteiger partial charge on any atom is -0.351 e. The highest BCUT2D eigenvalue weighted by molar-refractivity contribution is 5.95. The molecule has 2 aliphatic rings. The molecule has 2 atom stereocenters. The molecule has 1 saturated carbocycles. The summed E-state index contributed by atoms with van der Waals surface area (Å²) in [5, 5.41) is 5.81. The average molecular weight is 323 g/mol. The molecule has 0 aromatic heterocycles. The summed E-state index contributed by atoms with van der Waals surface area (Å²) in [5.74, 6) is -0.368. The molecule has 0 spiro atoms. The first-order valence-corrected chi connectivity index (χ1v) is 8.76. The first kappa shape index (κ1) is 17.8. The molecule has 1 saturated heterocycles. The van der Waals surface area contributed by atoms with Crippen LogP contribution in [0.25, 0.3) is 0 Å². The molecule has 0 unspecified atom stereocenters. The van der Waals surface area contributed by atoms with Gasteiger partial charge in [-0.3, -0.25) is 14.4 Å². The van der Waals surface area contributed by atoms with Crippen LogP contribution in [0.15, 0.2) is 0 Å². The SMILES string of the molecule is CC[C@@](C)(C(=O)NC1CCCCC1)N(C)C(=O)[C@@H]1CCC(=O)N1. The Labute approximate surface area is 138 Å². The number of nitrogens with zero attached hydrogens (tertiary/aromatic N) is 1. The maximum Gasteiger partial charge on any atom is 0.245 e. The fourth-order valence-electron chi connectivity index (χ4n) is 3.41. The normalized spacial score (nSPS) is 24.7. The molecule has 2 rings (SSSR count). The zero-order chi connectivity index (χ0) is 17.0. The summed E-state index contributed by atoms with van der Waals surface area (Å²) in [6, 6.07) is -0.280. The molecular formula is C17H29N3O3. The molecule has 6 nitrogen and oxygen atoms in total. The molecule has 2 N–H and O–H groups in total. The van der Waals surface area contributed by atoms with Crippen molar-refractivity contribution in [3.8, 4) is 0 Å². The van der Waals surface area contributed by atoms with E-state index in [1.54, 1.807) is 14.0 Å². The highest BCUT2D eigenvalue weighted by atomic mass is 16.2. The molecule has 3 amide bonds. The molecule has 1 aliphatic heterocycles. The maximum absolute atomic E-state index is 12.8. The van der Waals surface area contributed by atoms with Crippen LogP contribution in [0.3, 0.4) is 0 Å². The second-order valence-corrected chi connectivity index (χ2v) is 6.99. The largest absolute Gasteiger partial charge is 0.351 e. The van der Waals surface area contributed by atoms with E-state index in [9.17, 15) is 14.4 Å². The first-order valence-electron chi connectivity index (χ1n) is 8.76. The Morgan fingerprint density at radius 2 is 1.91 bits per heavy atom. The van der Waals surface area contributed by atoms with Crippen molar-refractivity contribution in [3.63, 3.8) is 0 Å². The van der Waals surface area contributed by atoms with Gasteiger partial charge in [-0.2, -0.15) is 0 Å². The number of rotatable bonds is 5. The topological polar surface area (TPSA) is 78.5 Å². The summed E-state index contributed by atoms with van der Waals surface area (Å²) in [6.45, 7) is 3.72. The smallest absolute Gasteiger partial charge is 0.245 e. The van der Waals surface area contributed by atoms with Crippen molar-refractivity contribution in [2.75, 3.05) is 7.05 Å². The predicted molar refractivity (Wildman–Crippen MR) is 87.6 cm³/mol. The highest BCUT2D eigenvalue weighted by Crippen LogP contribution is 2.23. The first-order chi connectivity index (χ1) is 10.9. The van der Waals surface area contributed by atoms with Crippen LogP contribution in [0.5, 0.6) is 0 Å². The van der Waals surface area contributed by atoms with E-state index in [1.165, 1.54) is 11.3 Å². The van der Waals surface area contributed by atoms with Gasteiger partial charge in [0.05, 0.1) is 0 Å². The van der Waals surface area contributed by atoms with E-state index in [4.69, 9.17) is 0 Å². The predicted octanol–water partition coefficient (Wildman–Crippen LogP) is 1.34. The Morgan fingerprint density at radius 1 is 1.26 bits per heavy atom. The van der Waals surface area contributed by atoms with E-state index < -0.39 is 11.6 Å². The van der Waals surface area contributed by atoms with Crippen molar-refractivity contribution >= 4 is 17.7 Å². The molecule has 0 bridgehead atoms. The summed E-state index contributed by atoms with van der Waals surface area (Å²) in [4.78, 5) is 38.3. The lowest BCUT2D eigenvalue weighted by Gasteiger charge is -2.39. The van der Waals surface area contributed by atoms with Gasteiger partial charge < -0.3 is 15.5 Å². The van der Waals surface area contributed by atoms with Crippen molar-refractivity contribution in [3.05, 3.63) is 0 Å². The number of hydrogen-bond acceptors (Lipinski definition) is 3. The molecule has 6 heteroatoms. The van der Waals surface area contributed by atoms with Crippen LogP contribution in [-0.4, -0.2) is 47.3 Å². The summed E-state index contributed by atoms with van der Waals surface area (Å²) in [6.07, 6.45) is 6.98. The van der Waals surface area contributed by atoms with Crippen molar-refractivity contribution < 1.29 is 14.4 Å². The van der Waals surface area contributed by atoms with Gasteiger partial charge in [0.2, 0.25) is 17.7 Å². The van der Waals surface area contributed by atoms with E-state index in [0.717, 1.165) is 25.7 Å². The molecule has 1 heterocycles. The monoisotopic (exact) mass is 323 g/mol. The van der Waals surface area contributed by atoms with Crippen molar-refractivity contribution in [2.24, 2.45) is 0 Å². The molecule has 130 valence electrons. The quantitative estimate of drug-likeness (QED) is 0.801. The highest BCUT2D eigenvalue weighted by Gasteiger charge is 2.42. The van der Waals surface area contributed by atoms with Crippen LogP contribution < -0.4 is 10.6 Å². The summed E-state index contributed by atoms with van der Waals surface area (Å²) >= 11 is 0. The lowest BCUT2D eigenvalue weighted by Crippen LogP contribution is -2.61. The minimum absolute atomic E-state index is 0.0907. The molecule has 0 radical (unpaired) electrons. The van der Waals surface area contributed by atoms with E-state index in [1.807, 2.05) is 6.92 Å². The lowest BCUT2D eigenvalue weighted by molar-refractivity contribution is -0.147. The second-order valence-electron chi connectivity index (χ2n) is 6.99. The Hall–Kier alpha value is -1.59. The standard InChI is InChI=1S/C17H29N3O3/c1-4-17(2,16(23)18-12-8-6-5-7-9-12)20(3)15(22)13-10-11-14(21)19-13/h12-13H,4-11H2,1-3H3,(H,18,23)(H,19,21)/t13-,17-/m0/s1. The summed E-state index contributed by atoms with van der Waals surface area (Å²) in [5.41, 5.74) is -0.887. The molecule has 2 fully saturated rings. The number of amides is 3. The summed E-state index contributed by atoms with van der Waals surface area (Å²) < 4.78 is 0. The zero-order valence-corrected chi connectivity index (χ0v) is 14.5. The van der Waals surface area contributed by atoms with Crippen LogP contribution in [0.4, 0.5) is 0 Å². The third-order valence-electron chi connectivity index (χ3n) is 5.48. The zero-order valence-electron chi connectivity index (χ0n) is 14.5. The average Bonchev–Trinajstić information content (AvgIpc) is 3.00. The van der Waals surface area contributed by atoms with E-state index >= 15 is 0 Å². The molecule has 23 heavy (non-hydrogen) atoms. The fraction of sp³-hybridized carbons (Fsp3) is 0.824. The van der Waals surface area contributed by atoms with Gasteiger partial charge in [0.15, 0.2) is 0 Å². The van der Waals surface area contributed by atoms with Gasteiger partial charge in [0, 0.05) is 19.5 Å². The Bertz CT molecular complexity index is 474. The van der Waals surface area contributed by atoms with Gasteiger partial charge in [0.1, 0.15) is 11.6 Å². The van der Waals surface area contributed by atoms with Crippen molar-refractivity contribution in [1.82, 2.24) is 15.5 Å². The van der Waals surface area contributed by atoms with E-state index in [0.29, 0.717) is 19.3 Å². The van der Waals surface area contributed by atoms with Crippen LogP contribution in [-0.2, 0) is 14.4 Å². The van der Waals surface area contributed by atoms with Gasteiger partial charge in [-0.25, -0.2) is 0 Å². The van der Waals surface area contributed by atoms with Gasteiger partial charge in [0.25, 0.3) is 0 Å².